The number of carboxylic acids is 2. The summed E-state index contributed by atoms with van der Waals surface area (Å²) in [5.74, 6) is -2.02. The molecule has 0 fully saturated rings. The third-order valence-corrected chi connectivity index (χ3v) is 2.06. The Morgan fingerprint density at radius 2 is 1.62 bits per heavy atom. The molecular weight excluding hydrogens is 216 g/mol. The van der Waals surface area contributed by atoms with Crippen molar-refractivity contribution in [3.8, 4) is 0 Å². The molecule has 0 aromatic carbocycles. The van der Waals surface area contributed by atoms with Crippen molar-refractivity contribution in [1.82, 2.24) is 0 Å². The van der Waals surface area contributed by atoms with Crippen LogP contribution in [0.3, 0.4) is 0 Å². The van der Waals surface area contributed by atoms with E-state index < -0.39 is 30.6 Å². The third kappa shape index (κ3) is 8.16. The molecule has 0 aromatic rings. The van der Waals surface area contributed by atoms with Gasteiger partial charge in [-0.1, -0.05) is 20.3 Å². The first-order valence-corrected chi connectivity index (χ1v) is 4.85. The Kier molecular flexibility index (Phi) is 9.77. The Morgan fingerprint density at radius 3 is 1.69 bits per heavy atom. The first-order chi connectivity index (χ1) is 7.27. The molecule has 96 valence electrons. The van der Waals surface area contributed by atoms with Gasteiger partial charge in [-0.25, -0.2) is 0 Å². The highest BCUT2D eigenvalue weighted by molar-refractivity contribution is 5.73. The standard InChI is InChI=1S/C6H13NO2.C3H7NO3/c1-3-4(2)5(7)6(8)9;4-2(1-5)3(6)7/h4-5H,3,7H2,1-2H3,(H,8,9);2,5H,1,4H2,(H,6,7)/t4-,5-;2-/m00/s1. The van der Waals surface area contributed by atoms with Crippen LogP contribution in [0.1, 0.15) is 20.3 Å². The Labute approximate surface area is 94.1 Å². The van der Waals surface area contributed by atoms with Crippen molar-refractivity contribution in [3.63, 3.8) is 0 Å². The molecule has 0 aliphatic heterocycles. The Hall–Kier alpha value is -1.18. The monoisotopic (exact) mass is 236 g/mol. The Balaban J connectivity index is 0. The third-order valence-electron chi connectivity index (χ3n) is 2.06. The average Bonchev–Trinajstić information content (AvgIpc) is 2.26. The van der Waals surface area contributed by atoms with E-state index in [-0.39, 0.29) is 5.92 Å². The Bertz CT molecular complexity index is 222. The van der Waals surface area contributed by atoms with Crippen LogP contribution in [-0.2, 0) is 9.59 Å². The number of aliphatic hydroxyl groups excluding tert-OH is 1. The molecule has 0 saturated heterocycles. The summed E-state index contributed by atoms with van der Waals surface area (Å²) in [6.07, 6.45) is 0.813. The minimum Gasteiger partial charge on any atom is -0.480 e. The van der Waals surface area contributed by atoms with Crippen LogP contribution in [0.15, 0.2) is 0 Å². The topological polar surface area (TPSA) is 147 Å². The largest absolute Gasteiger partial charge is 0.480 e. The molecule has 0 radical (unpaired) electrons. The van der Waals surface area contributed by atoms with Gasteiger partial charge in [0.25, 0.3) is 0 Å². The first-order valence-electron chi connectivity index (χ1n) is 4.85. The van der Waals surface area contributed by atoms with Gasteiger partial charge in [0.2, 0.25) is 0 Å². The van der Waals surface area contributed by atoms with E-state index in [1.165, 1.54) is 0 Å². The van der Waals surface area contributed by atoms with Gasteiger partial charge >= 0.3 is 11.9 Å². The second-order valence-corrected chi connectivity index (χ2v) is 3.38. The van der Waals surface area contributed by atoms with Gasteiger partial charge in [-0.05, 0) is 5.92 Å². The van der Waals surface area contributed by atoms with Crippen LogP contribution < -0.4 is 11.5 Å². The Morgan fingerprint density at radius 1 is 1.19 bits per heavy atom. The van der Waals surface area contributed by atoms with E-state index in [0.29, 0.717) is 0 Å². The molecular formula is C9H20N2O5. The molecule has 3 atom stereocenters. The molecule has 0 aliphatic carbocycles. The van der Waals surface area contributed by atoms with Crippen molar-refractivity contribution < 1.29 is 24.9 Å². The number of carbonyl (C=O) groups is 2. The summed E-state index contributed by atoms with van der Waals surface area (Å²) >= 11 is 0. The maximum Gasteiger partial charge on any atom is 0.322 e. The maximum absolute atomic E-state index is 10.2. The van der Waals surface area contributed by atoms with Gasteiger partial charge in [0.05, 0.1) is 6.61 Å². The molecule has 7 heteroatoms. The molecule has 0 aliphatic rings. The lowest BCUT2D eigenvalue weighted by Crippen LogP contribution is -2.36. The number of rotatable bonds is 5. The molecule has 0 amide bonds. The van der Waals surface area contributed by atoms with Crippen molar-refractivity contribution in [2.45, 2.75) is 32.4 Å². The normalized spacial score (nSPS) is 15.3. The predicted octanol–water partition coefficient (Wildman–Crippen LogP) is -1.16. The highest BCUT2D eigenvalue weighted by Gasteiger charge is 2.17. The van der Waals surface area contributed by atoms with Crippen LogP contribution in [-0.4, -0.2) is 45.9 Å². The number of nitrogens with two attached hydrogens (primary N) is 2. The van der Waals surface area contributed by atoms with Gasteiger partial charge in [-0.2, -0.15) is 0 Å². The summed E-state index contributed by atoms with van der Waals surface area (Å²) in [4.78, 5) is 19.8. The lowest BCUT2D eigenvalue weighted by molar-refractivity contribution is -0.140. The van der Waals surface area contributed by atoms with Crippen LogP contribution >= 0.6 is 0 Å². The molecule has 7 N–H and O–H groups in total. The molecule has 0 heterocycles. The van der Waals surface area contributed by atoms with Gasteiger partial charge < -0.3 is 26.8 Å². The van der Waals surface area contributed by atoms with Gasteiger partial charge in [-0.15, -0.1) is 0 Å². The zero-order valence-electron chi connectivity index (χ0n) is 9.46. The zero-order chi connectivity index (χ0) is 13.3. The van der Waals surface area contributed by atoms with Crippen LogP contribution in [0.25, 0.3) is 0 Å². The van der Waals surface area contributed by atoms with E-state index in [1.807, 2.05) is 13.8 Å². The fourth-order valence-electron chi connectivity index (χ4n) is 0.575. The van der Waals surface area contributed by atoms with Gasteiger partial charge in [0.15, 0.2) is 0 Å². The van der Waals surface area contributed by atoms with Gasteiger partial charge in [0, 0.05) is 0 Å². The summed E-state index contributed by atoms with van der Waals surface area (Å²) in [5, 5.41) is 24.3. The maximum atomic E-state index is 10.2. The molecule has 7 nitrogen and oxygen atoms in total. The number of carboxylic acid groups (broad SMARTS) is 2. The summed E-state index contributed by atoms with van der Waals surface area (Å²) < 4.78 is 0. The summed E-state index contributed by atoms with van der Waals surface area (Å²) in [5.41, 5.74) is 10.0. The highest BCUT2D eigenvalue weighted by Crippen LogP contribution is 2.04. The van der Waals surface area contributed by atoms with Crippen LogP contribution in [0, 0.1) is 5.92 Å². The minimum absolute atomic E-state index is 0.0718. The molecule has 0 rings (SSSR count). The number of hydrogen-bond donors (Lipinski definition) is 5. The smallest absolute Gasteiger partial charge is 0.322 e. The molecule has 0 saturated carbocycles. The SMILES string of the molecule is CC[C@H](C)[C@H](N)C(=O)O.N[C@@H](CO)C(=O)O. The average molecular weight is 236 g/mol. The molecule has 0 bridgehead atoms. The second kappa shape index (κ2) is 9.08. The molecule has 0 unspecified atom stereocenters. The lowest BCUT2D eigenvalue weighted by atomic mass is 10.0. The van der Waals surface area contributed by atoms with Crippen molar-refractivity contribution in [3.05, 3.63) is 0 Å². The highest BCUT2D eigenvalue weighted by atomic mass is 16.4. The first kappa shape index (κ1) is 17.2. The summed E-state index contributed by atoms with van der Waals surface area (Å²) in [7, 11) is 0. The van der Waals surface area contributed by atoms with E-state index in [0.717, 1.165) is 6.42 Å². The number of aliphatic carboxylic acids is 2. The van der Waals surface area contributed by atoms with Crippen molar-refractivity contribution in [2.24, 2.45) is 17.4 Å². The van der Waals surface area contributed by atoms with Crippen molar-refractivity contribution in [1.29, 1.82) is 0 Å². The van der Waals surface area contributed by atoms with Gasteiger partial charge in [-0.3, -0.25) is 9.59 Å². The van der Waals surface area contributed by atoms with Crippen molar-refractivity contribution in [2.75, 3.05) is 6.61 Å². The van der Waals surface area contributed by atoms with E-state index in [4.69, 9.17) is 26.8 Å². The molecule has 0 spiro atoms. The second-order valence-electron chi connectivity index (χ2n) is 3.38. The number of hydrogen-bond acceptors (Lipinski definition) is 5. The predicted molar refractivity (Wildman–Crippen MR) is 57.8 cm³/mol. The quantitative estimate of drug-likeness (QED) is 0.404. The summed E-state index contributed by atoms with van der Waals surface area (Å²) in [6, 6.07) is -1.82. The van der Waals surface area contributed by atoms with Gasteiger partial charge in [0.1, 0.15) is 12.1 Å². The van der Waals surface area contributed by atoms with E-state index >= 15 is 0 Å². The van der Waals surface area contributed by atoms with E-state index in [2.05, 4.69) is 0 Å². The lowest BCUT2D eigenvalue weighted by Gasteiger charge is -2.11. The van der Waals surface area contributed by atoms with E-state index in [1.54, 1.807) is 0 Å². The minimum atomic E-state index is -1.18. The molecule has 16 heavy (non-hydrogen) atoms. The zero-order valence-corrected chi connectivity index (χ0v) is 9.46. The van der Waals surface area contributed by atoms with Crippen LogP contribution in [0.5, 0.6) is 0 Å². The fraction of sp³-hybridized carbons (Fsp3) is 0.778. The summed E-state index contributed by atoms with van der Waals surface area (Å²) in [6.45, 7) is 3.25. The van der Waals surface area contributed by atoms with Crippen molar-refractivity contribution >= 4 is 11.9 Å². The molecule has 0 aromatic heterocycles. The van der Waals surface area contributed by atoms with Crippen LogP contribution in [0.4, 0.5) is 0 Å². The van der Waals surface area contributed by atoms with Crippen LogP contribution in [0.2, 0.25) is 0 Å². The fourth-order valence-corrected chi connectivity index (χ4v) is 0.575. The number of aliphatic hydroxyl groups is 1. The van der Waals surface area contributed by atoms with E-state index in [9.17, 15) is 9.59 Å².